The highest BCUT2D eigenvalue weighted by atomic mass is 35.5. The number of nitrogens with one attached hydrogen (secondary N) is 1. The van der Waals surface area contributed by atoms with Crippen molar-refractivity contribution >= 4 is 29.3 Å². The third-order valence-electron chi connectivity index (χ3n) is 3.85. The summed E-state index contributed by atoms with van der Waals surface area (Å²) >= 11 is 7.55. The maximum absolute atomic E-state index is 12.5. The van der Waals surface area contributed by atoms with E-state index in [-0.39, 0.29) is 11.9 Å². The van der Waals surface area contributed by atoms with Crippen LogP contribution in [0.4, 0.5) is 0 Å². The monoisotopic (exact) mass is 382 g/mol. The lowest BCUT2D eigenvalue weighted by Crippen LogP contribution is -2.30. The average molecular weight is 383 g/mol. The van der Waals surface area contributed by atoms with Crippen LogP contribution in [-0.4, -0.2) is 16.6 Å². The molecule has 0 aliphatic heterocycles. The van der Waals surface area contributed by atoms with E-state index in [0.717, 1.165) is 16.8 Å². The van der Waals surface area contributed by atoms with Crippen LogP contribution in [-0.2, 0) is 10.5 Å². The minimum atomic E-state index is -0.198. The summed E-state index contributed by atoms with van der Waals surface area (Å²) < 4.78 is 0. The Bertz CT molecular complexity index is 826. The number of aromatic nitrogens is 1. The summed E-state index contributed by atoms with van der Waals surface area (Å²) in [6.07, 6.45) is 1.77. The molecule has 1 heterocycles. The average Bonchev–Trinajstić information content (AvgIpc) is 2.68. The number of thioether (sulfide) groups is 1. The first-order chi connectivity index (χ1) is 12.7. The highest BCUT2D eigenvalue weighted by molar-refractivity contribution is 7.99. The van der Waals surface area contributed by atoms with Crippen LogP contribution in [0.25, 0.3) is 0 Å². The van der Waals surface area contributed by atoms with Gasteiger partial charge in [-0.15, -0.1) is 11.8 Å². The van der Waals surface area contributed by atoms with Crippen molar-refractivity contribution in [2.24, 2.45) is 0 Å². The SMILES string of the molecule is O=C(CSCc1ccccn1)NC(c1ccccc1)c1ccc(Cl)cc1. The maximum atomic E-state index is 12.5. The Hall–Kier alpha value is -2.30. The van der Waals surface area contributed by atoms with Crippen LogP contribution in [0.5, 0.6) is 0 Å². The van der Waals surface area contributed by atoms with Crippen molar-refractivity contribution < 1.29 is 4.79 Å². The molecule has 0 fully saturated rings. The number of hydrogen-bond acceptors (Lipinski definition) is 3. The van der Waals surface area contributed by atoms with Gasteiger partial charge in [0.2, 0.25) is 5.91 Å². The molecule has 0 aliphatic carbocycles. The molecule has 1 unspecified atom stereocenters. The third-order valence-corrected chi connectivity index (χ3v) is 5.07. The predicted octanol–water partition coefficient (Wildman–Crippen LogP) is 4.87. The number of nitrogens with zero attached hydrogens (tertiary/aromatic N) is 1. The highest BCUT2D eigenvalue weighted by Gasteiger charge is 2.16. The van der Waals surface area contributed by atoms with Crippen molar-refractivity contribution in [3.8, 4) is 0 Å². The van der Waals surface area contributed by atoms with Crippen molar-refractivity contribution in [3.05, 3.63) is 101 Å². The zero-order valence-electron chi connectivity index (χ0n) is 14.1. The van der Waals surface area contributed by atoms with Gasteiger partial charge in [-0.1, -0.05) is 60.1 Å². The van der Waals surface area contributed by atoms with Crippen LogP contribution >= 0.6 is 23.4 Å². The highest BCUT2D eigenvalue weighted by Crippen LogP contribution is 2.24. The molecule has 0 aliphatic rings. The summed E-state index contributed by atoms with van der Waals surface area (Å²) in [5.41, 5.74) is 3.02. The second kappa shape index (κ2) is 9.41. The summed E-state index contributed by atoms with van der Waals surface area (Å²) in [7, 11) is 0. The topological polar surface area (TPSA) is 42.0 Å². The van der Waals surface area contributed by atoms with Crippen LogP contribution in [0.15, 0.2) is 79.0 Å². The number of amides is 1. The molecule has 0 saturated carbocycles. The quantitative estimate of drug-likeness (QED) is 0.633. The van der Waals surface area contributed by atoms with Crippen LogP contribution < -0.4 is 5.32 Å². The van der Waals surface area contributed by atoms with Gasteiger partial charge in [-0.2, -0.15) is 0 Å². The number of benzene rings is 2. The van der Waals surface area contributed by atoms with Gasteiger partial charge in [0.25, 0.3) is 0 Å². The lowest BCUT2D eigenvalue weighted by molar-refractivity contribution is -0.119. The van der Waals surface area contributed by atoms with Crippen LogP contribution in [0.1, 0.15) is 22.9 Å². The van der Waals surface area contributed by atoms with Crippen molar-refractivity contribution in [1.29, 1.82) is 0 Å². The number of hydrogen-bond donors (Lipinski definition) is 1. The van der Waals surface area contributed by atoms with Gasteiger partial charge in [0.1, 0.15) is 0 Å². The molecule has 0 saturated heterocycles. The molecule has 3 nitrogen and oxygen atoms in total. The second-order valence-corrected chi connectivity index (χ2v) is 7.20. The molecule has 2 aromatic carbocycles. The Balaban J connectivity index is 1.65. The van der Waals surface area contributed by atoms with E-state index in [1.807, 2.05) is 72.8 Å². The lowest BCUT2D eigenvalue weighted by atomic mass is 9.99. The molecule has 1 N–H and O–H groups in total. The van der Waals surface area contributed by atoms with Gasteiger partial charge >= 0.3 is 0 Å². The smallest absolute Gasteiger partial charge is 0.230 e. The largest absolute Gasteiger partial charge is 0.344 e. The molecule has 132 valence electrons. The van der Waals surface area contributed by atoms with Crippen molar-refractivity contribution in [2.45, 2.75) is 11.8 Å². The fraction of sp³-hybridized carbons (Fsp3) is 0.143. The normalized spacial score (nSPS) is 11.7. The van der Waals surface area contributed by atoms with Gasteiger partial charge < -0.3 is 5.32 Å². The van der Waals surface area contributed by atoms with Crippen LogP contribution in [0.3, 0.4) is 0 Å². The fourth-order valence-corrected chi connectivity index (χ4v) is 3.47. The molecule has 5 heteroatoms. The van der Waals surface area contributed by atoms with E-state index in [0.29, 0.717) is 16.5 Å². The molecule has 1 amide bonds. The molecule has 0 spiro atoms. The molecule has 26 heavy (non-hydrogen) atoms. The van der Waals surface area contributed by atoms with Gasteiger partial charge in [0.05, 0.1) is 17.5 Å². The molecule has 1 aromatic heterocycles. The second-order valence-electron chi connectivity index (χ2n) is 5.78. The van der Waals surface area contributed by atoms with E-state index < -0.39 is 0 Å². The molecular weight excluding hydrogens is 364 g/mol. The van der Waals surface area contributed by atoms with Crippen LogP contribution in [0.2, 0.25) is 5.02 Å². The number of carbonyl (C=O) groups is 1. The number of carbonyl (C=O) groups excluding carboxylic acids is 1. The van der Waals surface area contributed by atoms with E-state index in [9.17, 15) is 4.79 Å². The van der Waals surface area contributed by atoms with E-state index in [1.165, 1.54) is 0 Å². The van der Waals surface area contributed by atoms with Crippen molar-refractivity contribution in [1.82, 2.24) is 10.3 Å². The van der Waals surface area contributed by atoms with Crippen molar-refractivity contribution in [3.63, 3.8) is 0 Å². The first-order valence-electron chi connectivity index (χ1n) is 8.30. The minimum absolute atomic E-state index is 0.00488. The van der Waals surface area contributed by atoms with Gasteiger partial charge in [-0.25, -0.2) is 0 Å². The zero-order chi connectivity index (χ0) is 18.2. The first-order valence-corrected chi connectivity index (χ1v) is 9.83. The van der Waals surface area contributed by atoms with E-state index >= 15 is 0 Å². The minimum Gasteiger partial charge on any atom is -0.344 e. The maximum Gasteiger partial charge on any atom is 0.230 e. The lowest BCUT2D eigenvalue weighted by Gasteiger charge is -2.20. The van der Waals surface area contributed by atoms with Gasteiger partial charge in [0, 0.05) is 17.0 Å². The van der Waals surface area contributed by atoms with E-state index in [2.05, 4.69) is 10.3 Å². The van der Waals surface area contributed by atoms with Gasteiger partial charge in [-0.3, -0.25) is 9.78 Å². The Labute approximate surface area is 162 Å². The summed E-state index contributed by atoms with van der Waals surface area (Å²) in [4.78, 5) is 16.8. The number of pyridine rings is 1. The third kappa shape index (κ3) is 5.35. The van der Waals surface area contributed by atoms with Gasteiger partial charge in [-0.05, 0) is 35.4 Å². The molecule has 1 atom stereocenters. The Morgan fingerprint density at radius 3 is 2.35 bits per heavy atom. The Morgan fingerprint density at radius 2 is 1.65 bits per heavy atom. The predicted molar refractivity (Wildman–Crippen MR) is 108 cm³/mol. The molecule has 3 rings (SSSR count). The zero-order valence-corrected chi connectivity index (χ0v) is 15.7. The van der Waals surface area contributed by atoms with E-state index in [4.69, 9.17) is 11.6 Å². The van der Waals surface area contributed by atoms with Crippen LogP contribution in [0, 0.1) is 0 Å². The Kier molecular flexibility index (Phi) is 6.69. The van der Waals surface area contributed by atoms with E-state index in [1.54, 1.807) is 18.0 Å². The molecule has 3 aromatic rings. The summed E-state index contributed by atoms with van der Waals surface area (Å²) in [5.74, 6) is 1.09. The van der Waals surface area contributed by atoms with Gasteiger partial charge in [0.15, 0.2) is 0 Å². The standard InChI is InChI=1S/C21H19ClN2OS/c22-18-11-9-17(10-12-18)21(16-6-2-1-3-7-16)24-20(25)15-26-14-19-8-4-5-13-23-19/h1-13,21H,14-15H2,(H,24,25). The molecule has 0 radical (unpaired) electrons. The molecule has 0 bridgehead atoms. The summed E-state index contributed by atoms with van der Waals surface area (Å²) in [5, 5.41) is 3.81. The Morgan fingerprint density at radius 1 is 0.962 bits per heavy atom. The van der Waals surface area contributed by atoms with Crippen molar-refractivity contribution in [2.75, 3.05) is 5.75 Å². The molecular formula is C21H19ClN2OS. The summed E-state index contributed by atoms with van der Waals surface area (Å²) in [6, 6.07) is 23.1. The number of halogens is 1. The first kappa shape index (κ1) is 18.5. The number of rotatable bonds is 7. The summed E-state index contributed by atoms with van der Waals surface area (Å²) in [6.45, 7) is 0. The fourth-order valence-electron chi connectivity index (χ4n) is 2.59.